The van der Waals surface area contributed by atoms with Crippen molar-refractivity contribution in [3.63, 3.8) is 0 Å². The largest absolute Gasteiger partial charge is 0.502 e. The van der Waals surface area contributed by atoms with Crippen molar-refractivity contribution in [2.24, 2.45) is 0 Å². The molecule has 2 N–H and O–H groups in total. The maximum atomic E-state index is 12.1. The number of para-hydroxylation sites is 2. The maximum absolute atomic E-state index is 12.1. The van der Waals surface area contributed by atoms with Crippen molar-refractivity contribution < 1.29 is 14.8 Å². The van der Waals surface area contributed by atoms with Crippen LogP contribution in [-0.4, -0.2) is 15.9 Å². The Balaban J connectivity index is 2.33. The van der Waals surface area contributed by atoms with E-state index in [0.29, 0.717) is 5.69 Å². The predicted octanol–water partition coefficient (Wildman–Crippen LogP) is 2.86. The van der Waals surface area contributed by atoms with E-state index < -0.39 is 22.3 Å². The van der Waals surface area contributed by atoms with Crippen LogP contribution in [0.15, 0.2) is 42.5 Å². The first-order valence-electron chi connectivity index (χ1n) is 5.84. The number of nitro groups is 1. The predicted molar refractivity (Wildman–Crippen MR) is 73.9 cm³/mol. The number of phenolic OH excluding ortho intramolecular Hbond substituents is 1. The van der Waals surface area contributed by atoms with Crippen molar-refractivity contribution in [3.8, 4) is 5.75 Å². The summed E-state index contributed by atoms with van der Waals surface area (Å²) in [6.07, 6.45) is 0. The molecule has 2 aromatic carbocycles. The Hall–Kier alpha value is -2.89. The van der Waals surface area contributed by atoms with E-state index >= 15 is 0 Å². The van der Waals surface area contributed by atoms with Crippen LogP contribution >= 0.6 is 0 Å². The van der Waals surface area contributed by atoms with E-state index in [0.717, 1.165) is 11.6 Å². The number of amides is 1. The number of nitrogens with one attached hydrogen (secondary N) is 1. The van der Waals surface area contributed by atoms with E-state index in [2.05, 4.69) is 5.32 Å². The number of nitrogens with zero attached hydrogens (tertiary/aromatic N) is 1. The Labute approximate surface area is 114 Å². The fourth-order valence-electron chi connectivity index (χ4n) is 1.76. The molecule has 0 spiro atoms. The van der Waals surface area contributed by atoms with Crippen molar-refractivity contribution >= 4 is 17.3 Å². The number of phenols is 1. The fourth-order valence-corrected chi connectivity index (χ4v) is 1.76. The van der Waals surface area contributed by atoms with Gasteiger partial charge in [0.05, 0.1) is 10.5 Å². The molecular formula is C14H12N2O4. The zero-order valence-corrected chi connectivity index (χ0v) is 10.7. The number of carbonyl (C=O) groups excluding carboxylic acids is 1. The number of benzene rings is 2. The van der Waals surface area contributed by atoms with E-state index in [9.17, 15) is 20.0 Å². The van der Waals surface area contributed by atoms with Crippen molar-refractivity contribution in [2.45, 2.75) is 6.92 Å². The molecule has 0 atom stereocenters. The SMILES string of the molecule is Cc1ccccc1NC(=O)c1cccc([N+](=O)[O-])c1O. The van der Waals surface area contributed by atoms with Crippen LogP contribution in [0.25, 0.3) is 0 Å². The van der Waals surface area contributed by atoms with E-state index in [1.165, 1.54) is 12.1 Å². The molecule has 0 bridgehead atoms. The van der Waals surface area contributed by atoms with Gasteiger partial charge in [-0.1, -0.05) is 24.3 Å². The highest BCUT2D eigenvalue weighted by atomic mass is 16.6. The van der Waals surface area contributed by atoms with E-state index in [1.807, 2.05) is 19.1 Å². The Kier molecular flexibility index (Phi) is 3.65. The molecule has 0 saturated carbocycles. The molecule has 2 aromatic rings. The summed E-state index contributed by atoms with van der Waals surface area (Å²) < 4.78 is 0. The molecule has 0 radical (unpaired) electrons. The number of carbonyl (C=O) groups is 1. The van der Waals surface area contributed by atoms with Crippen molar-refractivity contribution in [1.29, 1.82) is 0 Å². The molecule has 0 heterocycles. The Morgan fingerprint density at radius 1 is 1.20 bits per heavy atom. The first kappa shape index (κ1) is 13.5. The highest BCUT2D eigenvalue weighted by Gasteiger charge is 2.21. The number of aromatic hydroxyl groups is 1. The first-order chi connectivity index (χ1) is 9.50. The lowest BCUT2D eigenvalue weighted by molar-refractivity contribution is -0.385. The highest BCUT2D eigenvalue weighted by Crippen LogP contribution is 2.29. The Morgan fingerprint density at radius 3 is 2.55 bits per heavy atom. The molecular weight excluding hydrogens is 260 g/mol. The summed E-state index contributed by atoms with van der Waals surface area (Å²) in [6, 6.07) is 10.9. The van der Waals surface area contributed by atoms with Gasteiger partial charge in [0.2, 0.25) is 5.75 Å². The molecule has 2 rings (SSSR count). The molecule has 20 heavy (non-hydrogen) atoms. The fraction of sp³-hybridized carbons (Fsp3) is 0.0714. The highest BCUT2D eigenvalue weighted by molar-refractivity contribution is 6.07. The van der Waals surface area contributed by atoms with Gasteiger partial charge in [-0.2, -0.15) is 0 Å². The van der Waals surface area contributed by atoms with Gasteiger partial charge < -0.3 is 10.4 Å². The number of hydrogen-bond acceptors (Lipinski definition) is 4. The van der Waals surface area contributed by atoms with Crippen molar-refractivity contribution in [3.05, 3.63) is 63.7 Å². The van der Waals surface area contributed by atoms with Crippen LogP contribution in [-0.2, 0) is 0 Å². The summed E-state index contributed by atoms with van der Waals surface area (Å²) in [5.74, 6) is -1.23. The molecule has 0 fully saturated rings. The third-order valence-electron chi connectivity index (χ3n) is 2.85. The summed E-state index contributed by atoms with van der Waals surface area (Å²) in [4.78, 5) is 22.1. The zero-order valence-electron chi connectivity index (χ0n) is 10.7. The minimum Gasteiger partial charge on any atom is -0.502 e. The van der Waals surface area contributed by atoms with Gasteiger partial charge in [0.1, 0.15) is 0 Å². The zero-order chi connectivity index (χ0) is 14.7. The lowest BCUT2D eigenvalue weighted by atomic mass is 10.1. The summed E-state index contributed by atoms with van der Waals surface area (Å²) in [7, 11) is 0. The minimum atomic E-state index is -0.736. The van der Waals surface area contributed by atoms with E-state index in [4.69, 9.17) is 0 Å². The van der Waals surface area contributed by atoms with Crippen LogP contribution in [0.5, 0.6) is 5.75 Å². The molecule has 0 saturated heterocycles. The quantitative estimate of drug-likeness (QED) is 0.663. The van der Waals surface area contributed by atoms with E-state index in [-0.39, 0.29) is 5.56 Å². The van der Waals surface area contributed by atoms with Gasteiger partial charge in [0.15, 0.2) is 0 Å². The third kappa shape index (κ3) is 2.59. The molecule has 6 heteroatoms. The lowest BCUT2D eigenvalue weighted by Gasteiger charge is -2.09. The minimum absolute atomic E-state index is 0.137. The number of aryl methyl sites for hydroxylation is 1. The summed E-state index contributed by atoms with van der Waals surface area (Å²) >= 11 is 0. The number of anilines is 1. The van der Waals surface area contributed by atoms with Gasteiger partial charge >= 0.3 is 5.69 Å². The monoisotopic (exact) mass is 272 g/mol. The van der Waals surface area contributed by atoms with Gasteiger partial charge in [0.25, 0.3) is 5.91 Å². The summed E-state index contributed by atoms with van der Waals surface area (Å²) in [5, 5.41) is 23.1. The number of hydrogen-bond donors (Lipinski definition) is 2. The molecule has 0 aliphatic heterocycles. The van der Waals surface area contributed by atoms with Crippen LogP contribution in [0.3, 0.4) is 0 Å². The first-order valence-corrected chi connectivity index (χ1v) is 5.84. The van der Waals surface area contributed by atoms with Gasteiger partial charge in [-0.05, 0) is 24.6 Å². The normalized spacial score (nSPS) is 10.1. The smallest absolute Gasteiger partial charge is 0.311 e. The molecule has 0 unspecified atom stereocenters. The maximum Gasteiger partial charge on any atom is 0.311 e. The molecule has 1 amide bonds. The van der Waals surface area contributed by atoms with Crippen LogP contribution in [0.1, 0.15) is 15.9 Å². The summed E-state index contributed by atoms with van der Waals surface area (Å²) in [6.45, 7) is 1.82. The molecule has 0 aliphatic rings. The molecule has 102 valence electrons. The Morgan fingerprint density at radius 2 is 1.90 bits per heavy atom. The molecule has 0 aromatic heterocycles. The Bertz CT molecular complexity index is 683. The average Bonchev–Trinajstić information content (AvgIpc) is 2.41. The van der Waals surface area contributed by atoms with Gasteiger partial charge in [0, 0.05) is 11.8 Å². The van der Waals surface area contributed by atoms with Crippen molar-refractivity contribution in [2.75, 3.05) is 5.32 Å². The second-order valence-electron chi connectivity index (χ2n) is 4.20. The average molecular weight is 272 g/mol. The van der Waals surface area contributed by atoms with Crippen LogP contribution < -0.4 is 5.32 Å². The van der Waals surface area contributed by atoms with Crippen LogP contribution in [0.2, 0.25) is 0 Å². The lowest BCUT2D eigenvalue weighted by Crippen LogP contribution is -2.13. The van der Waals surface area contributed by atoms with Gasteiger partial charge in [-0.3, -0.25) is 14.9 Å². The summed E-state index contributed by atoms with van der Waals surface area (Å²) in [5.41, 5.74) is 0.805. The number of nitro benzene ring substituents is 1. The second kappa shape index (κ2) is 5.40. The van der Waals surface area contributed by atoms with Crippen molar-refractivity contribution in [1.82, 2.24) is 0 Å². The third-order valence-corrected chi connectivity index (χ3v) is 2.85. The number of rotatable bonds is 3. The van der Waals surface area contributed by atoms with E-state index in [1.54, 1.807) is 12.1 Å². The van der Waals surface area contributed by atoms with Gasteiger partial charge in [-0.25, -0.2) is 0 Å². The standard InChI is InChI=1S/C14H12N2O4/c1-9-5-2-3-7-11(9)15-14(18)10-6-4-8-12(13(10)17)16(19)20/h2-8,17H,1H3,(H,15,18). The molecule has 6 nitrogen and oxygen atoms in total. The topological polar surface area (TPSA) is 92.5 Å². The second-order valence-corrected chi connectivity index (χ2v) is 4.20. The van der Waals surface area contributed by atoms with Crippen LogP contribution in [0, 0.1) is 17.0 Å². The van der Waals surface area contributed by atoms with Crippen LogP contribution in [0.4, 0.5) is 11.4 Å². The molecule has 0 aliphatic carbocycles. The van der Waals surface area contributed by atoms with Gasteiger partial charge in [-0.15, -0.1) is 0 Å².